The molecule has 2 aromatic carbocycles. The Kier molecular flexibility index (Phi) is 6.29. The third-order valence-electron chi connectivity index (χ3n) is 3.97. The molecule has 1 aromatic heterocycles. The lowest BCUT2D eigenvalue weighted by Crippen LogP contribution is -2.14. The predicted molar refractivity (Wildman–Crippen MR) is 108 cm³/mol. The van der Waals surface area contributed by atoms with Crippen LogP contribution >= 0.6 is 11.6 Å². The maximum absolute atomic E-state index is 12.4. The van der Waals surface area contributed by atoms with Gasteiger partial charge in [-0.05, 0) is 42.0 Å². The predicted octanol–water partition coefficient (Wildman–Crippen LogP) is 4.01. The van der Waals surface area contributed by atoms with Gasteiger partial charge in [0.2, 0.25) is 0 Å². The number of anilines is 2. The Morgan fingerprint density at radius 3 is 2.36 bits per heavy atom. The van der Waals surface area contributed by atoms with E-state index in [-0.39, 0.29) is 5.91 Å². The second-order valence-electron chi connectivity index (χ2n) is 5.77. The van der Waals surface area contributed by atoms with Crippen LogP contribution in [0.1, 0.15) is 15.9 Å². The number of carbonyl (C=O) groups is 1. The topological polar surface area (TPSA) is 85.4 Å². The molecule has 1 amide bonds. The number of hydrogen-bond donors (Lipinski definition) is 2. The summed E-state index contributed by atoms with van der Waals surface area (Å²) in [5.74, 6) is 1.60. The van der Waals surface area contributed by atoms with Crippen molar-refractivity contribution < 1.29 is 14.3 Å². The highest BCUT2D eigenvalue weighted by atomic mass is 35.5. The lowest BCUT2D eigenvalue weighted by atomic mass is 10.2. The minimum Gasteiger partial charge on any atom is -0.493 e. The quantitative estimate of drug-likeness (QED) is 0.625. The number of benzene rings is 2. The minimum absolute atomic E-state index is 0.327. The fourth-order valence-corrected chi connectivity index (χ4v) is 2.69. The zero-order valence-corrected chi connectivity index (χ0v) is 16.2. The first kappa shape index (κ1) is 19.4. The average Bonchev–Trinajstić information content (AvgIpc) is 2.73. The molecule has 2 N–H and O–H groups in total. The van der Waals surface area contributed by atoms with E-state index in [0.717, 1.165) is 5.56 Å². The number of halogens is 1. The molecule has 1 heterocycles. The fraction of sp³-hybridized carbons (Fsp3) is 0.150. The number of rotatable bonds is 7. The molecule has 0 aliphatic carbocycles. The normalized spacial score (nSPS) is 10.2. The summed E-state index contributed by atoms with van der Waals surface area (Å²) in [4.78, 5) is 12.4. The number of nitrogens with zero attached hydrogens (tertiary/aromatic N) is 2. The molecule has 0 fully saturated rings. The molecule has 0 radical (unpaired) electrons. The zero-order valence-electron chi connectivity index (χ0n) is 15.4. The van der Waals surface area contributed by atoms with Gasteiger partial charge in [0.25, 0.3) is 5.91 Å². The second-order valence-corrected chi connectivity index (χ2v) is 6.18. The lowest BCUT2D eigenvalue weighted by molar-refractivity contribution is 0.102. The van der Waals surface area contributed by atoms with Crippen LogP contribution in [-0.2, 0) is 6.54 Å². The van der Waals surface area contributed by atoms with Gasteiger partial charge in [0, 0.05) is 17.1 Å². The SMILES string of the molecule is COc1ccc(C(=O)Nc2ccc(NCc3ccccc3Cl)nn2)cc1OC. The Morgan fingerprint density at radius 1 is 0.964 bits per heavy atom. The summed E-state index contributed by atoms with van der Waals surface area (Å²) in [5.41, 5.74) is 1.37. The first-order chi connectivity index (χ1) is 13.6. The van der Waals surface area contributed by atoms with Crippen molar-refractivity contribution in [1.29, 1.82) is 0 Å². The number of amides is 1. The molecule has 0 bridgehead atoms. The number of nitrogens with one attached hydrogen (secondary N) is 2. The summed E-state index contributed by atoms with van der Waals surface area (Å²) in [6.07, 6.45) is 0. The molecule has 28 heavy (non-hydrogen) atoms. The van der Waals surface area contributed by atoms with E-state index in [1.165, 1.54) is 14.2 Å². The average molecular weight is 399 g/mol. The number of aromatic nitrogens is 2. The molecule has 0 aliphatic rings. The number of methoxy groups -OCH3 is 2. The molecule has 0 saturated heterocycles. The monoisotopic (exact) mass is 398 g/mol. The van der Waals surface area contributed by atoms with Crippen LogP contribution in [0.4, 0.5) is 11.6 Å². The van der Waals surface area contributed by atoms with Gasteiger partial charge in [-0.3, -0.25) is 4.79 Å². The van der Waals surface area contributed by atoms with Crippen LogP contribution in [0.3, 0.4) is 0 Å². The maximum atomic E-state index is 12.4. The highest BCUT2D eigenvalue weighted by molar-refractivity contribution is 6.31. The van der Waals surface area contributed by atoms with Crippen LogP contribution in [0.25, 0.3) is 0 Å². The van der Waals surface area contributed by atoms with E-state index < -0.39 is 0 Å². The summed E-state index contributed by atoms with van der Waals surface area (Å²) in [6.45, 7) is 0.520. The largest absolute Gasteiger partial charge is 0.493 e. The Labute approximate surface area is 167 Å². The molecule has 144 valence electrons. The highest BCUT2D eigenvalue weighted by Gasteiger charge is 2.12. The van der Waals surface area contributed by atoms with Crippen molar-refractivity contribution in [1.82, 2.24) is 10.2 Å². The van der Waals surface area contributed by atoms with Gasteiger partial charge in [-0.2, -0.15) is 0 Å². The van der Waals surface area contributed by atoms with Crippen LogP contribution < -0.4 is 20.1 Å². The van der Waals surface area contributed by atoms with E-state index in [0.29, 0.717) is 40.3 Å². The zero-order chi connectivity index (χ0) is 19.9. The molecule has 0 aliphatic heterocycles. The molecular formula is C20H19ClN4O3. The van der Waals surface area contributed by atoms with Crippen molar-refractivity contribution in [3.63, 3.8) is 0 Å². The molecule has 8 heteroatoms. The van der Waals surface area contributed by atoms with Crippen LogP contribution in [0.15, 0.2) is 54.6 Å². The van der Waals surface area contributed by atoms with Gasteiger partial charge in [-0.15, -0.1) is 10.2 Å². The third kappa shape index (κ3) is 4.69. The Bertz CT molecular complexity index is 964. The molecule has 7 nitrogen and oxygen atoms in total. The van der Waals surface area contributed by atoms with Gasteiger partial charge in [0.05, 0.1) is 14.2 Å². The number of ether oxygens (including phenoxy) is 2. The van der Waals surface area contributed by atoms with Crippen LogP contribution in [-0.4, -0.2) is 30.3 Å². The van der Waals surface area contributed by atoms with Gasteiger partial charge < -0.3 is 20.1 Å². The molecule has 0 unspecified atom stereocenters. The van der Waals surface area contributed by atoms with Gasteiger partial charge in [-0.1, -0.05) is 29.8 Å². The van der Waals surface area contributed by atoms with Crippen molar-refractivity contribution in [2.75, 3.05) is 24.9 Å². The second kappa shape index (κ2) is 9.05. The van der Waals surface area contributed by atoms with E-state index in [9.17, 15) is 4.79 Å². The summed E-state index contributed by atoms with van der Waals surface area (Å²) in [7, 11) is 3.05. The number of hydrogen-bond acceptors (Lipinski definition) is 6. The van der Waals surface area contributed by atoms with Crippen LogP contribution in [0, 0.1) is 0 Å². The first-order valence-corrected chi connectivity index (χ1v) is 8.83. The van der Waals surface area contributed by atoms with E-state index in [4.69, 9.17) is 21.1 Å². The fourth-order valence-electron chi connectivity index (χ4n) is 2.49. The van der Waals surface area contributed by atoms with Crippen LogP contribution in [0.2, 0.25) is 5.02 Å². The van der Waals surface area contributed by atoms with Crippen molar-refractivity contribution in [2.24, 2.45) is 0 Å². The van der Waals surface area contributed by atoms with E-state index in [1.54, 1.807) is 30.3 Å². The molecule has 3 aromatic rings. The van der Waals surface area contributed by atoms with Crippen molar-refractivity contribution in [2.45, 2.75) is 6.54 Å². The summed E-state index contributed by atoms with van der Waals surface area (Å²) < 4.78 is 10.4. The molecule has 0 atom stereocenters. The smallest absolute Gasteiger partial charge is 0.257 e. The van der Waals surface area contributed by atoms with Gasteiger partial charge in [0.1, 0.15) is 5.82 Å². The Balaban J connectivity index is 1.62. The van der Waals surface area contributed by atoms with Gasteiger partial charge in [0.15, 0.2) is 17.3 Å². The van der Waals surface area contributed by atoms with Crippen molar-refractivity contribution in [3.05, 3.63) is 70.7 Å². The molecule has 0 saturated carbocycles. The molecular weight excluding hydrogens is 380 g/mol. The van der Waals surface area contributed by atoms with E-state index in [1.807, 2.05) is 24.3 Å². The highest BCUT2D eigenvalue weighted by Crippen LogP contribution is 2.27. The third-order valence-corrected chi connectivity index (χ3v) is 4.34. The van der Waals surface area contributed by atoms with E-state index in [2.05, 4.69) is 20.8 Å². The van der Waals surface area contributed by atoms with Gasteiger partial charge in [-0.25, -0.2) is 0 Å². The van der Waals surface area contributed by atoms with Crippen molar-refractivity contribution in [3.8, 4) is 11.5 Å². The molecule has 3 rings (SSSR count). The van der Waals surface area contributed by atoms with Crippen LogP contribution in [0.5, 0.6) is 11.5 Å². The van der Waals surface area contributed by atoms with E-state index >= 15 is 0 Å². The maximum Gasteiger partial charge on any atom is 0.257 e. The Hall–Kier alpha value is -3.32. The minimum atomic E-state index is -0.327. The lowest BCUT2D eigenvalue weighted by Gasteiger charge is -2.10. The van der Waals surface area contributed by atoms with Gasteiger partial charge >= 0.3 is 0 Å². The van der Waals surface area contributed by atoms with Crippen molar-refractivity contribution >= 4 is 29.1 Å². The summed E-state index contributed by atoms with van der Waals surface area (Å²) in [5, 5.41) is 14.6. The summed E-state index contributed by atoms with van der Waals surface area (Å²) in [6, 6.07) is 15.9. The number of carbonyl (C=O) groups excluding carboxylic acids is 1. The Morgan fingerprint density at radius 2 is 1.68 bits per heavy atom. The molecule has 0 spiro atoms. The first-order valence-electron chi connectivity index (χ1n) is 8.45. The summed E-state index contributed by atoms with van der Waals surface area (Å²) >= 11 is 6.13. The standard InChI is InChI=1S/C20H19ClN4O3/c1-27-16-8-7-13(11-17(16)28-2)20(26)23-19-10-9-18(24-25-19)22-12-14-5-3-4-6-15(14)21/h3-11H,12H2,1-2H3,(H,22,24)(H,23,25,26).